The predicted molar refractivity (Wildman–Crippen MR) is 119 cm³/mol. The molecule has 0 unspecified atom stereocenters. The molecule has 3 fully saturated rings. The number of rotatable bonds is 3. The van der Waals surface area contributed by atoms with Gasteiger partial charge in [0.05, 0.1) is 0 Å². The Hall–Kier alpha value is -0.540. The Morgan fingerprint density at radius 2 is 0.967 bits per heavy atom. The van der Waals surface area contributed by atoms with Gasteiger partial charge in [0.25, 0.3) is 0 Å². The van der Waals surface area contributed by atoms with Crippen LogP contribution in [0, 0.1) is 0 Å². The van der Waals surface area contributed by atoms with E-state index in [-0.39, 0.29) is 0 Å². The summed E-state index contributed by atoms with van der Waals surface area (Å²) in [5.74, 6) is -1.42. The number of phosphoric acid groups is 1. The van der Waals surface area contributed by atoms with Gasteiger partial charge >= 0.3 is 13.8 Å². The summed E-state index contributed by atoms with van der Waals surface area (Å²) < 4.78 is 13.3. The first-order valence-corrected chi connectivity index (χ1v) is 12.8. The maximum atomic E-state index is 9.74. The van der Waals surface area contributed by atoms with Gasteiger partial charge in [-0.15, -0.1) is 0 Å². The van der Waals surface area contributed by atoms with Crippen LogP contribution in [-0.4, -0.2) is 45.6 Å². The zero-order chi connectivity index (χ0) is 22.8. The Labute approximate surface area is 181 Å². The number of hydrogen-bond donors (Lipinski definition) is 6. The van der Waals surface area contributed by atoms with Crippen LogP contribution < -0.4 is 17.2 Å². The summed E-state index contributed by atoms with van der Waals surface area (Å²) in [5, 5.41) is 7.81. The summed E-state index contributed by atoms with van der Waals surface area (Å²) in [7, 11) is -4.60. The molecule has 0 aromatic carbocycles. The molecule has 180 valence electrons. The van der Waals surface area contributed by atoms with Crippen LogP contribution in [0.15, 0.2) is 0 Å². The van der Waals surface area contributed by atoms with Crippen molar-refractivity contribution in [2.75, 3.05) is 6.61 Å². The lowest BCUT2D eigenvalue weighted by Gasteiger charge is -2.15. The maximum Gasteiger partial charge on any atom is 0.470 e. The van der Waals surface area contributed by atoms with Crippen molar-refractivity contribution in [3.63, 3.8) is 0 Å². The second-order valence-corrected chi connectivity index (χ2v) is 9.59. The molecule has 0 spiro atoms. The molecule has 0 aromatic rings. The van der Waals surface area contributed by atoms with Crippen LogP contribution in [0.3, 0.4) is 0 Å². The number of carboxylic acid groups (broad SMARTS) is 1. The van der Waals surface area contributed by atoms with Gasteiger partial charge in [-0.05, 0) is 38.5 Å². The zero-order valence-corrected chi connectivity index (χ0v) is 19.2. The highest BCUT2D eigenvalue weighted by Crippen LogP contribution is 2.35. The number of hydrogen-bond acceptors (Lipinski definition) is 6. The number of carboxylic acids is 1. The van der Waals surface area contributed by atoms with Crippen molar-refractivity contribution in [3.05, 3.63) is 0 Å². The minimum atomic E-state index is -4.60. The second-order valence-electron chi connectivity index (χ2n) is 8.35. The fraction of sp³-hybridized carbons (Fsp3) is 0.950. The van der Waals surface area contributed by atoms with Gasteiger partial charge in [-0.2, -0.15) is 0 Å². The van der Waals surface area contributed by atoms with E-state index >= 15 is 0 Å². The average Bonchev–Trinajstić information content (AvgIpc) is 2.69. The molecule has 0 saturated heterocycles. The van der Waals surface area contributed by atoms with E-state index in [1.807, 2.05) is 0 Å². The minimum Gasteiger partial charge on any atom is -0.480 e. The molecular weight excluding hydrogens is 409 g/mol. The normalized spacial score (nSPS) is 21.1. The molecule has 0 atom stereocenters. The maximum absolute atomic E-state index is 9.74. The summed E-state index contributed by atoms with van der Waals surface area (Å²) in [6.45, 7) is -0.982. The number of aliphatic carboxylic acids is 1. The number of phosphoric ester groups is 1. The summed E-state index contributed by atoms with van der Waals surface area (Å²) in [4.78, 5) is 25.4. The molecule has 0 radical (unpaired) electrons. The highest BCUT2D eigenvalue weighted by atomic mass is 31.2. The average molecular weight is 454 g/mol. The second kappa shape index (κ2) is 18.1. The van der Waals surface area contributed by atoms with Crippen molar-refractivity contribution in [2.45, 2.75) is 114 Å². The highest BCUT2D eigenvalue weighted by molar-refractivity contribution is 7.46. The van der Waals surface area contributed by atoms with Gasteiger partial charge in [-0.3, -0.25) is 4.52 Å². The van der Waals surface area contributed by atoms with E-state index < -0.39 is 20.4 Å². The Morgan fingerprint density at radius 1 is 0.700 bits per heavy atom. The topological polar surface area (TPSA) is 182 Å². The molecular formula is C20H44N3O6P. The molecule has 9 N–H and O–H groups in total. The highest BCUT2D eigenvalue weighted by Gasteiger charge is 2.15. The van der Waals surface area contributed by atoms with E-state index in [1.165, 1.54) is 96.3 Å². The van der Waals surface area contributed by atoms with E-state index in [4.69, 9.17) is 32.1 Å². The Morgan fingerprint density at radius 3 is 1.07 bits per heavy atom. The van der Waals surface area contributed by atoms with Gasteiger partial charge in [0.2, 0.25) is 0 Å². The third-order valence-corrected chi connectivity index (χ3v) is 5.77. The molecule has 10 heteroatoms. The monoisotopic (exact) mass is 453 g/mol. The van der Waals surface area contributed by atoms with Crippen LogP contribution in [0.25, 0.3) is 0 Å². The molecule has 0 aliphatic heterocycles. The fourth-order valence-electron chi connectivity index (χ4n) is 3.54. The van der Waals surface area contributed by atoms with Crippen LogP contribution in [0.2, 0.25) is 0 Å². The first kappa shape index (κ1) is 29.5. The van der Waals surface area contributed by atoms with Gasteiger partial charge < -0.3 is 32.1 Å². The van der Waals surface area contributed by atoms with Crippen molar-refractivity contribution < 1.29 is 28.8 Å². The van der Waals surface area contributed by atoms with Crippen LogP contribution in [0.1, 0.15) is 96.3 Å². The van der Waals surface area contributed by atoms with Crippen LogP contribution in [-0.2, 0) is 13.9 Å². The SMILES string of the molecule is NC1CCCCC1.NC1CCCCC1.NC1CCCCC1.O=C(O)COP(=O)(O)O. The van der Waals surface area contributed by atoms with E-state index in [2.05, 4.69) is 4.52 Å². The van der Waals surface area contributed by atoms with Crippen LogP contribution in [0.5, 0.6) is 0 Å². The van der Waals surface area contributed by atoms with E-state index in [0.717, 1.165) is 0 Å². The molecule has 0 bridgehead atoms. The molecule has 30 heavy (non-hydrogen) atoms. The third-order valence-electron chi connectivity index (χ3n) is 5.31. The lowest BCUT2D eigenvalue weighted by atomic mass is 9.97. The lowest BCUT2D eigenvalue weighted by Crippen LogP contribution is -2.22. The Kier molecular flexibility index (Phi) is 17.7. The van der Waals surface area contributed by atoms with E-state index in [9.17, 15) is 9.36 Å². The first-order chi connectivity index (χ1) is 14.1. The fourth-order valence-corrected chi connectivity index (χ4v) is 3.82. The summed E-state index contributed by atoms with van der Waals surface area (Å²) >= 11 is 0. The molecule has 3 aliphatic rings. The summed E-state index contributed by atoms with van der Waals surface area (Å²) in [6, 6.07) is 1.61. The lowest BCUT2D eigenvalue weighted by molar-refractivity contribution is -0.139. The first-order valence-electron chi connectivity index (χ1n) is 11.3. The van der Waals surface area contributed by atoms with Crippen molar-refractivity contribution >= 4 is 13.8 Å². The molecule has 3 rings (SSSR count). The quantitative estimate of drug-likeness (QED) is 0.350. The molecule has 3 saturated carbocycles. The molecule has 0 amide bonds. The number of carbonyl (C=O) groups is 1. The summed E-state index contributed by atoms with van der Waals surface area (Å²) in [6.07, 6.45) is 20.0. The zero-order valence-electron chi connectivity index (χ0n) is 18.3. The van der Waals surface area contributed by atoms with Gasteiger partial charge in [0.15, 0.2) is 6.61 Å². The van der Waals surface area contributed by atoms with E-state index in [1.54, 1.807) is 0 Å². The van der Waals surface area contributed by atoms with Crippen molar-refractivity contribution in [1.29, 1.82) is 0 Å². The number of nitrogens with two attached hydrogens (primary N) is 3. The minimum absolute atomic E-state index is 0.536. The van der Waals surface area contributed by atoms with Gasteiger partial charge in [-0.25, -0.2) is 9.36 Å². The van der Waals surface area contributed by atoms with Crippen molar-refractivity contribution in [3.8, 4) is 0 Å². The van der Waals surface area contributed by atoms with Crippen molar-refractivity contribution in [2.24, 2.45) is 17.2 Å². The third kappa shape index (κ3) is 22.2. The van der Waals surface area contributed by atoms with Gasteiger partial charge in [0, 0.05) is 18.1 Å². The van der Waals surface area contributed by atoms with Crippen LogP contribution >= 0.6 is 7.82 Å². The summed E-state index contributed by atoms with van der Waals surface area (Å²) in [5.41, 5.74) is 16.9. The van der Waals surface area contributed by atoms with Crippen LogP contribution in [0.4, 0.5) is 0 Å². The Bertz CT molecular complexity index is 421. The standard InChI is InChI=1S/3C6H13N.C2H5O6P/c3*7-6-4-2-1-3-5-6;3-2(4)1-8-9(5,6)7/h3*6H,1-5,7H2;1H2,(H,3,4)(H2,5,6,7). The van der Waals surface area contributed by atoms with E-state index in [0.29, 0.717) is 18.1 Å². The Balaban J connectivity index is 0.000000375. The molecule has 0 aromatic heterocycles. The largest absolute Gasteiger partial charge is 0.480 e. The predicted octanol–water partition coefficient (Wildman–Crippen LogP) is 3.01. The van der Waals surface area contributed by atoms with Gasteiger partial charge in [0.1, 0.15) is 0 Å². The molecule has 3 aliphatic carbocycles. The molecule has 9 nitrogen and oxygen atoms in total. The van der Waals surface area contributed by atoms with Crippen molar-refractivity contribution in [1.82, 2.24) is 0 Å². The molecule has 0 heterocycles. The smallest absolute Gasteiger partial charge is 0.470 e. The van der Waals surface area contributed by atoms with Gasteiger partial charge in [-0.1, -0.05) is 57.8 Å².